The van der Waals surface area contributed by atoms with Crippen molar-refractivity contribution >= 4 is 20.9 Å². The number of hydrogen-bond acceptors (Lipinski definition) is 3. The third-order valence-electron chi connectivity index (χ3n) is 3.45. The Hall–Kier alpha value is -2.11. The second-order valence-electron chi connectivity index (χ2n) is 4.95. The van der Waals surface area contributed by atoms with Crippen LogP contribution in [-0.2, 0) is 22.3 Å². The standard InChI is InChI=1S/C16H16N2O2S/c17-11-14-6-7-16-15(10-14)8-9-18(16)21(19,20)12-13-4-2-1-3-5-13/h1-10H,11-12,17H2. The van der Waals surface area contributed by atoms with Crippen LogP contribution in [0.1, 0.15) is 11.1 Å². The molecule has 1 heterocycles. The molecule has 0 aliphatic carbocycles. The monoisotopic (exact) mass is 300 g/mol. The van der Waals surface area contributed by atoms with Gasteiger partial charge in [0.15, 0.2) is 0 Å². The van der Waals surface area contributed by atoms with Gasteiger partial charge < -0.3 is 5.73 Å². The quantitative estimate of drug-likeness (QED) is 0.805. The van der Waals surface area contributed by atoms with E-state index in [9.17, 15) is 8.42 Å². The van der Waals surface area contributed by atoms with Crippen LogP contribution in [0.3, 0.4) is 0 Å². The molecule has 0 aliphatic heterocycles. The summed E-state index contributed by atoms with van der Waals surface area (Å²) in [6.45, 7) is 0.442. The van der Waals surface area contributed by atoms with Crippen LogP contribution in [0.5, 0.6) is 0 Å². The minimum atomic E-state index is -3.43. The van der Waals surface area contributed by atoms with E-state index in [0.29, 0.717) is 12.1 Å². The van der Waals surface area contributed by atoms with Gasteiger partial charge in [-0.3, -0.25) is 0 Å². The normalized spacial score (nSPS) is 11.9. The maximum Gasteiger partial charge on any atom is 0.243 e. The fourth-order valence-electron chi connectivity index (χ4n) is 2.39. The summed E-state index contributed by atoms with van der Waals surface area (Å²) in [5, 5.41) is 0.884. The number of nitrogens with two attached hydrogens (primary N) is 1. The molecule has 0 bridgehead atoms. The van der Waals surface area contributed by atoms with Crippen LogP contribution in [0.25, 0.3) is 10.9 Å². The van der Waals surface area contributed by atoms with Gasteiger partial charge in [0.2, 0.25) is 10.0 Å². The molecule has 0 aliphatic rings. The van der Waals surface area contributed by atoms with E-state index in [1.165, 1.54) is 3.97 Å². The molecule has 0 atom stereocenters. The molecule has 2 aromatic carbocycles. The molecule has 0 saturated carbocycles. The zero-order valence-electron chi connectivity index (χ0n) is 11.4. The number of rotatable bonds is 4. The van der Waals surface area contributed by atoms with Crippen molar-refractivity contribution < 1.29 is 8.42 Å². The molecule has 0 unspecified atom stereocenters. The molecule has 0 amide bonds. The van der Waals surface area contributed by atoms with Gasteiger partial charge in [0.05, 0.1) is 11.3 Å². The summed E-state index contributed by atoms with van der Waals surface area (Å²) in [5.41, 5.74) is 8.06. The van der Waals surface area contributed by atoms with Crippen molar-refractivity contribution in [1.82, 2.24) is 3.97 Å². The summed E-state index contributed by atoms with van der Waals surface area (Å²) >= 11 is 0. The minimum Gasteiger partial charge on any atom is -0.326 e. The Morgan fingerprint density at radius 1 is 0.952 bits per heavy atom. The Morgan fingerprint density at radius 3 is 2.43 bits per heavy atom. The van der Waals surface area contributed by atoms with Crippen LogP contribution in [0.15, 0.2) is 60.8 Å². The van der Waals surface area contributed by atoms with E-state index in [1.807, 2.05) is 42.5 Å². The molecule has 0 spiro atoms. The van der Waals surface area contributed by atoms with E-state index < -0.39 is 10.0 Å². The van der Waals surface area contributed by atoms with Crippen molar-refractivity contribution in [2.24, 2.45) is 5.73 Å². The van der Waals surface area contributed by atoms with E-state index >= 15 is 0 Å². The van der Waals surface area contributed by atoms with E-state index in [4.69, 9.17) is 5.73 Å². The Kier molecular flexibility index (Phi) is 3.53. The second-order valence-corrected chi connectivity index (χ2v) is 6.80. The predicted octanol–water partition coefficient (Wildman–Crippen LogP) is 2.48. The smallest absolute Gasteiger partial charge is 0.243 e. The van der Waals surface area contributed by atoms with Crippen LogP contribution in [0.4, 0.5) is 0 Å². The first-order chi connectivity index (χ1) is 10.1. The Balaban J connectivity index is 2.03. The van der Waals surface area contributed by atoms with Crippen LogP contribution in [0.2, 0.25) is 0 Å². The first kappa shape index (κ1) is 13.9. The van der Waals surface area contributed by atoms with Crippen LogP contribution in [-0.4, -0.2) is 12.4 Å². The fourth-order valence-corrected chi connectivity index (χ4v) is 3.86. The van der Waals surface area contributed by atoms with Gasteiger partial charge in [0.25, 0.3) is 0 Å². The number of aromatic nitrogens is 1. The largest absolute Gasteiger partial charge is 0.326 e. The summed E-state index contributed by atoms with van der Waals surface area (Å²) < 4.78 is 26.5. The Morgan fingerprint density at radius 2 is 1.71 bits per heavy atom. The second kappa shape index (κ2) is 5.35. The highest BCUT2D eigenvalue weighted by Gasteiger charge is 2.16. The number of nitrogens with zero attached hydrogens (tertiary/aromatic N) is 1. The molecule has 3 aromatic rings. The average Bonchev–Trinajstić information content (AvgIpc) is 2.91. The fraction of sp³-hybridized carbons (Fsp3) is 0.125. The summed E-state index contributed by atoms with van der Waals surface area (Å²) in [6.07, 6.45) is 1.60. The molecule has 0 fully saturated rings. The van der Waals surface area contributed by atoms with E-state index in [0.717, 1.165) is 16.5 Å². The molecule has 3 rings (SSSR count). The molecule has 21 heavy (non-hydrogen) atoms. The average molecular weight is 300 g/mol. The van der Waals surface area contributed by atoms with Crippen molar-refractivity contribution in [3.63, 3.8) is 0 Å². The highest BCUT2D eigenvalue weighted by Crippen LogP contribution is 2.21. The van der Waals surface area contributed by atoms with E-state index in [2.05, 4.69) is 0 Å². The summed E-state index contributed by atoms with van der Waals surface area (Å²) in [4.78, 5) is 0. The van der Waals surface area contributed by atoms with Crippen molar-refractivity contribution in [2.75, 3.05) is 0 Å². The maximum absolute atomic E-state index is 12.6. The van der Waals surface area contributed by atoms with Crippen molar-refractivity contribution in [1.29, 1.82) is 0 Å². The van der Waals surface area contributed by atoms with Gasteiger partial charge in [-0.15, -0.1) is 0 Å². The molecule has 0 radical (unpaired) electrons. The van der Waals surface area contributed by atoms with E-state index in [1.54, 1.807) is 18.3 Å². The topological polar surface area (TPSA) is 65.1 Å². The van der Waals surface area contributed by atoms with Crippen LogP contribution in [0, 0.1) is 0 Å². The molecular formula is C16H16N2O2S. The Labute approximate surface area is 123 Å². The Bertz CT molecular complexity index is 868. The molecule has 108 valence electrons. The van der Waals surface area contributed by atoms with Crippen molar-refractivity contribution in [2.45, 2.75) is 12.3 Å². The van der Waals surface area contributed by atoms with Crippen molar-refractivity contribution in [3.05, 3.63) is 71.9 Å². The van der Waals surface area contributed by atoms with Crippen molar-refractivity contribution in [3.8, 4) is 0 Å². The lowest BCUT2D eigenvalue weighted by Gasteiger charge is -2.08. The van der Waals surface area contributed by atoms with Crippen LogP contribution >= 0.6 is 0 Å². The molecule has 0 saturated heterocycles. The van der Waals surface area contributed by atoms with Gasteiger partial charge in [-0.1, -0.05) is 36.4 Å². The molecular weight excluding hydrogens is 284 g/mol. The minimum absolute atomic E-state index is 0.0176. The molecule has 5 heteroatoms. The number of hydrogen-bond donors (Lipinski definition) is 1. The van der Waals surface area contributed by atoms with Gasteiger partial charge in [-0.05, 0) is 29.3 Å². The first-order valence-corrected chi connectivity index (χ1v) is 8.28. The maximum atomic E-state index is 12.6. The summed E-state index contributed by atoms with van der Waals surface area (Å²) in [5.74, 6) is -0.0176. The number of fused-ring (bicyclic) bond motifs is 1. The highest BCUT2D eigenvalue weighted by molar-refractivity contribution is 7.89. The molecule has 4 nitrogen and oxygen atoms in total. The zero-order valence-corrected chi connectivity index (χ0v) is 12.3. The third-order valence-corrected chi connectivity index (χ3v) is 5.06. The van der Waals surface area contributed by atoms with E-state index in [-0.39, 0.29) is 5.75 Å². The summed E-state index contributed by atoms with van der Waals surface area (Å²) in [7, 11) is -3.43. The highest BCUT2D eigenvalue weighted by atomic mass is 32.2. The zero-order chi connectivity index (χ0) is 14.9. The van der Waals surface area contributed by atoms with Gasteiger partial charge in [-0.2, -0.15) is 0 Å². The van der Waals surface area contributed by atoms with Gasteiger partial charge in [-0.25, -0.2) is 12.4 Å². The third kappa shape index (κ3) is 2.70. The van der Waals surface area contributed by atoms with Gasteiger partial charge in [0, 0.05) is 18.1 Å². The number of benzene rings is 2. The lowest BCUT2D eigenvalue weighted by molar-refractivity contribution is 0.588. The lowest BCUT2D eigenvalue weighted by atomic mass is 10.1. The predicted molar refractivity (Wildman–Crippen MR) is 84.3 cm³/mol. The molecule has 1 aromatic heterocycles. The van der Waals surface area contributed by atoms with Crippen LogP contribution < -0.4 is 5.73 Å². The first-order valence-electron chi connectivity index (χ1n) is 6.67. The van der Waals surface area contributed by atoms with Gasteiger partial charge >= 0.3 is 0 Å². The lowest BCUT2D eigenvalue weighted by Crippen LogP contribution is -2.14. The summed E-state index contributed by atoms with van der Waals surface area (Å²) in [6, 6.07) is 16.6. The van der Waals surface area contributed by atoms with Gasteiger partial charge in [0.1, 0.15) is 0 Å². The SMILES string of the molecule is NCc1ccc2c(ccn2S(=O)(=O)Cc2ccccc2)c1. The molecule has 2 N–H and O–H groups in total.